The molecule has 0 aliphatic carbocycles. The van der Waals surface area contributed by atoms with Crippen LogP contribution >= 0.6 is 22.6 Å². The van der Waals surface area contributed by atoms with Gasteiger partial charge in [0.05, 0.1) is 3.57 Å². The van der Waals surface area contributed by atoms with E-state index in [0.29, 0.717) is 11.3 Å². The molecule has 2 rings (SSSR count). The lowest BCUT2D eigenvalue weighted by molar-refractivity contribution is 0.367. The molecule has 3 nitrogen and oxygen atoms in total. The molecule has 0 spiro atoms. The first-order valence-corrected chi connectivity index (χ1v) is 5.59. The first-order valence-electron chi connectivity index (χ1n) is 4.51. The zero-order valence-electron chi connectivity index (χ0n) is 8.20. The molecule has 0 bridgehead atoms. The van der Waals surface area contributed by atoms with Crippen LogP contribution in [0.15, 0.2) is 33.5 Å². The van der Waals surface area contributed by atoms with Crippen LogP contribution in [0.2, 0.25) is 0 Å². The Bertz CT molecular complexity index is 622. The lowest BCUT2D eigenvalue weighted by Crippen LogP contribution is -1.99. The van der Waals surface area contributed by atoms with E-state index >= 15 is 0 Å². The summed E-state index contributed by atoms with van der Waals surface area (Å²) in [5.41, 5.74) is 0.155. The molecule has 1 aromatic carbocycles. The minimum absolute atomic E-state index is 0.193. The van der Waals surface area contributed by atoms with Crippen LogP contribution in [-0.2, 0) is 0 Å². The molecule has 0 atom stereocenters. The third-order valence-corrected chi connectivity index (χ3v) is 3.03. The van der Waals surface area contributed by atoms with Gasteiger partial charge in [-0.2, -0.15) is 0 Å². The largest absolute Gasteiger partial charge is 0.480 e. The summed E-state index contributed by atoms with van der Waals surface area (Å²) < 4.78 is 11.2. The Morgan fingerprint density at radius 1 is 1.38 bits per heavy atom. The number of halogens is 1. The van der Waals surface area contributed by atoms with Gasteiger partial charge in [0.25, 0.3) is 0 Å². The van der Waals surface area contributed by atoms with Crippen LogP contribution in [0.25, 0.3) is 11.0 Å². The molecule has 0 aliphatic heterocycles. The monoisotopic (exact) mass is 326 g/mol. The second-order valence-electron chi connectivity index (χ2n) is 3.04. The van der Waals surface area contributed by atoms with Gasteiger partial charge in [0, 0.05) is 11.5 Å². The Balaban J connectivity index is 2.59. The molecule has 1 heterocycles. The van der Waals surface area contributed by atoms with E-state index in [0.717, 1.165) is 8.96 Å². The Labute approximate surface area is 106 Å². The summed E-state index contributed by atoms with van der Waals surface area (Å²) in [5.74, 6) is 3.01. The minimum atomic E-state index is -0.375. The van der Waals surface area contributed by atoms with E-state index < -0.39 is 0 Å². The maximum Gasteiger partial charge on any atom is 0.336 e. The lowest BCUT2D eigenvalue weighted by Gasteiger charge is -2.06. The topological polar surface area (TPSA) is 39.4 Å². The van der Waals surface area contributed by atoms with Crippen molar-refractivity contribution in [3.05, 3.63) is 38.3 Å². The highest BCUT2D eigenvalue weighted by molar-refractivity contribution is 14.1. The van der Waals surface area contributed by atoms with Gasteiger partial charge in [-0.1, -0.05) is 5.92 Å². The Morgan fingerprint density at radius 2 is 2.12 bits per heavy atom. The average Bonchev–Trinajstić information content (AvgIpc) is 2.29. The predicted molar refractivity (Wildman–Crippen MR) is 69.5 cm³/mol. The van der Waals surface area contributed by atoms with Crippen molar-refractivity contribution in [2.75, 3.05) is 6.61 Å². The van der Waals surface area contributed by atoms with Crippen LogP contribution in [0.4, 0.5) is 0 Å². The van der Waals surface area contributed by atoms with E-state index in [2.05, 4.69) is 28.5 Å². The second kappa shape index (κ2) is 4.58. The van der Waals surface area contributed by atoms with Gasteiger partial charge in [-0.25, -0.2) is 4.79 Å². The molecule has 1 aromatic heterocycles. The Hall–Kier alpha value is -1.48. The lowest BCUT2D eigenvalue weighted by atomic mass is 10.2. The fourth-order valence-corrected chi connectivity index (χ4v) is 2.07. The number of ether oxygens (including phenoxy) is 1. The maximum atomic E-state index is 11.1. The van der Waals surface area contributed by atoms with E-state index in [1.54, 1.807) is 12.1 Å². The summed E-state index contributed by atoms with van der Waals surface area (Å²) >= 11 is 2.07. The molecule has 0 aliphatic rings. The molecule has 4 heteroatoms. The smallest absolute Gasteiger partial charge is 0.336 e. The first-order chi connectivity index (χ1) is 7.72. The van der Waals surface area contributed by atoms with Crippen molar-refractivity contribution in [2.45, 2.75) is 0 Å². The normalized spacial score (nSPS) is 10.0. The Morgan fingerprint density at radius 3 is 2.88 bits per heavy atom. The predicted octanol–water partition coefficient (Wildman–Crippen LogP) is 2.41. The van der Waals surface area contributed by atoms with Crippen molar-refractivity contribution in [3.8, 4) is 18.1 Å². The third-order valence-electron chi connectivity index (χ3n) is 2.00. The van der Waals surface area contributed by atoms with E-state index in [-0.39, 0.29) is 12.2 Å². The molecule has 0 radical (unpaired) electrons. The van der Waals surface area contributed by atoms with Crippen LogP contribution in [0.5, 0.6) is 5.75 Å². The third kappa shape index (κ3) is 2.04. The van der Waals surface area contributed by atoms with Gasteiger partial charge in [0.2, 0.25) is 0 Å². The molecular weight excluding hydrogens is 319 g/mol. The van der Waals surface area contributed by atoms with E-state index in [9.17, 15) is 4.79 Å². The van der Waals surface area contributed by atoms with Crippen LogP contribution in [0, 0.1) is 15.9 Å². The summed E-state index contributed by atoms with van der Waals surface area (Å²) in [4.78, 5) is 11.1. The SMILES string of the molecule is C#CCOc1ccc2ccc(=O)oc2c1I. The number of terminal acetylenes is 1. The van der Waals surface area contributed by atoms with E-state index in [4.69, 9.17) is 15.6 Å². The molecule has 16 heavy (non-hydrogen) atoms. The van der Waals surface area contributed by atoms with Crippen molar-refractivity contribution >= 4 is 33.6 Å². The van der Waals surface area contributed by atoms with Gasteiger partial charge in [-0.3, -0.25) is 0 Å². The summed E-state index contributed by atoms with van der Waals surface area (Å²) in [6.45, 7) is 0.193. The number of rotatable bonds is 2. The molecule has 2 aromatic rings. The van der Waals surface area contributed by atoms with Gasteiger partial charge in [-0.15, -0.1) is 6.42 Å². The van der Waals surface area contributed by atoms with Gasteiger partial charge in [0.1, 0.15) is 12.4 Å². The van der Waals surface area contributed by atoms with Gasteiger partial charge in [-0.05, 0) is 40.8 Å². The summed E-state index contributed by atoms with van der Waals surface area (Å²) in [6, 6.07) is 6.74. The molecule has 0 amide bonds. The van der Waals surface area contributed by atoms with Crippen molar-refractivity contribution in [2.24, 2.45) is 0 Å². The summed E-state index contributed by atoms with van der Waals surface area (Å²) in [5, 5.41) is 0.858. The Kier molecular flexibility index (Phi) is 3.15. The summed E-state index contributed by atoms with van der Waals surface area (Å²) in [6.07, 6.45) is 5.11. The molecule has 0 N–H and O–H groups in total. The second-order valence-corrected chi connectivity index (χ2v) is 4.12. The number of benzene rings is 1. The molecule has 0 saturated heterocycles. The highest BCUT2D eigenvalue weighted by Gasteiger charge is 2.08. The van der Waals surface area contributed by atoms with Crippen LogP contribution in [0.3, 0.4) is 0 Å². The average molecular weight is 326 g/mol. The quantitative estimate of drug-likeness (QED) is 0.483. The fourth-order valence-electron chi connectivity index (χ4n) is 1.31. The van der Waals surface area contributed by atoms with Crippen LogP contribution in [0.1, 0.15) is 0 Å². The maximum absolute atomic E-state index is 11.1. The van der Waals surface area contributed by atoms with E-state index in [1.165, 1.54) is 6.07 Å². The van der Waals surface area contributed by atoms with Crippen molar-refractivity contribution in [1.29, 1.82) is 0 Å². The highest BCUT2D eigenvalue weighted by atomic mass is 127. The standard InChI is InChI=1S/C12H7IO3/c1-2-7-15-9-5-3-8-4-6-10(14)16-12(8)11(9)13/h1,3-6H,7H2. The van der Waals surface area contributed by atoms with E-state index in [1.807, 2.05) is 6.07 Å². The first kappa shape index (κ1) is 11.0. The highest BCUT2D eigenvalue weighted by Crippen LogP contribution is 2.28. The van der Waals surface area contributed by atoms with Crippen molar-refractivity contribution < 1.29 is 9.15 Å². The zero-order valence-corrected chi connectivity index (χ0v) is 10.4. The van der Waals surface area contributed by atoms with Gasteiger partial charge < -0.3 is 9.15 Å². The molecule has 0 fully saturated rings. The van der Waals surface area contributed by atoms with Crippen molar-refractivity contribution in [3.63, 3.8) is 0 Å². The number of hydrogen-bond acceptors (Lipinski definition) is 3. The molecule has 0 unspecified atom stereocenters. The van der Waals surface area contributed by atoms with Gasteiger partial charge in [0.15, 0.2) is 5.58 Å². The van der Waals surface area contributed by atoms with Crippen molar-refractivity contribution in [1.82, 2.24) is 0 Å². The van der Waals surface area contributed by atoms with Gasteiger partial charge >= 0.3 is 5.63 Å². The fraction of sp³-hybridized carbons (Fsp3) is 0.0833. The van der Waals surface area contributed by atoms with Crippen LogP contribution < -0.4 is 10.4 Å². The number of hydrogen-bond donors (Lipinski definition) is 0. The number of fused-ring (bicyclic) bond motifs is 1. The molecular formula is C12H7IO3. The molecule has 80 valence electrons. The molecule has 0 saturated carbocycles. The summed E-state index contributed by atoms with van der Waals surface area (Å²) in [7, 11) is 0. The minimum Gasteiger partial charge on any atom is -0.480 e. The van der Waals surface area contributed by atoms with Crippen LogP contribution in [-0.4, -0.2) is 6.61 Å². The zero-order chi connectivity index (χ0) is 11.5.